The smallest absolute Gasteiger partial charge is 0.415 e. The number of rotatable bonds is 7. The van der Waals surface area contributed by atoms with Gasteiger partial charge in [-0.05, 0) is 30.5 Å². The van der Waals surface area contributed by atoms with Crippen molar-refractivity contribution in [3.05, 3.63) is 59.2 Å². The number of hydrogen-bond acceptors (Lipinski definition) is 5. The minimum Gasteiger partial charge on any atom is -0.508 e. The summed E-state index contributed by atoms with van der Waals surface area (Å²) in [4.78, 5) is 24.3. The molecule has 1 amide bonds. The third kappa shape index (κ3) is 5.74. The molecule has 6 nitrogen and oxygen atoms in total. The lowest BCUT2D eigenvalue weighted by molar-refractivity contribution is 0.0612. The first-order valence-electron chi connectivity index (χ1n) is 9.06. The van der Waals surface area contributed by atoms with Crippen molar-refractivity contribution in [3.8, 4) is 11.5 Å². The molecule has 0 fully saturated rings. The zero-order chi connectivity index (χ0) is 19.8. The normalized spacial score (nSPS) is 11.6. The second kappa shape index (κ2) is 9.62. The fraction of sp³-hybridized carbons (Fsp3) is 0.333. The molecule has 0 heterocycles. The number of benzene rings is 2. The molecule has 0 saturated carbocycles. The first-order chi connectivity index (χ1) is 12.9. The summed E-state index contributed by atoms with van der Waals surface area (Å²) in [6.45, 7) is 3.93. The van der Waals surface area contributed by atoms with Gasteiger partial charge in [0, 0.05) is 18.0 Å². The number of alkyl carbamates (subject to hydrolysis) is 1. The van der Waals surface area contributed by atoms with Gasteiger partial charge in [-0.25, -0.2) is 9.59 Å². The van der Waals surface area contributed by atoms with Crippen LogP contribution in [0.1, 0.15) is 54.6 Å². The summed E-state index contributed by atoms with van der Waals surface area (Å²) in [5.74, 6) is -1.51. The zero-order valence-corrected chi connectivity index (χ0v) is 15.6. The molecule has 6 heteroatoms. The molecule has 0 saturated heterocycles. The number of ether oxygens (including phenoxy) is 1. The van der Waals surface area contributed by atoms with Gasteiger partial charge in [0.1, 0.15) is 17.1 Å². The van der Waals surface area contributed by atoms with Crippen LogP contribution < -0.4 is 5.32 Å². The predicted octanol–water partition coefficient (Wildman–Crippen LogP) is 4.13. The van der Waals surface area contributed by atoms with E-state index in [4.69, 9.17) is 4.74 Å². The standard InChI is InChI=1S/C21H25NO5/c1-3-8-16(4-2)22-21(26)27-20(25)18-13-17(23)12-15(19(18)24)11-14-9-6-5-7-10-14/h5-7,9-10,12-13,16,23-24H,3-4,8,11H2,1-2H3,(H,22,26). The van der Waals surface area contributed by atoms with Crippen LogP contribution in [0.3, 0.4) is 0 Å². The van der Waals surface area contributed by atoms with Crippen LogP contribution in [0.25, 0.3) is 0 Å². The minimum absolute atomic E-state index is 0.0817. The molecule has 0 aromatic heterocycles. The number of carbonyl (C=O) groups excluding carboxylic acids is 2. The van der Waals surface area contributed by atoms with E-state index < -0.39 is 12.1 Å². The number of aromatic hydroxyl groups is 2. The van der Waals surface area contributed by atoms with E-state index >= 15 is 0 Å². The highest BCUT2D eigenvalue weighted by molar-refractivity contribution is 5.99. The number of esters is 1. The van der Waals surface area contributed by atoms with Gasteiger partial charge in [-0.15, -0.1) is 0 Å². The number of amides is 1. The zero-order valence-electron chi connectivity index (χ0n) is 15.6. The number of carbonyl (C=O) groups is 2. The number of hydrogen-bond donors (Lipinski definition) is 3. The summed E-state index contributed by atoms with van der Waals surface area (Å²) in [5, 5.41) is 23.0. The quantitative estimate of drug-likeness (QED) is 0.386. The van der Waals surface area contributed by atoms with Crippen molar-refractivity contribution in [1.82, 2.24) is 5.32 Å². The van der Waals surface area contributed by atoms with Crippen LogP contribution in [0.15, 0.2) is 42.5 Å². The van der Waals surface area contributed by atoms with Gasteiger partial charge in [0.25, 0.3) is 0 Å². The van der Waals surface area contributed by atoms with Crippen LogP contribution in [-0.4, -0.2) is 28.3 Å². The third-order valence-corrected chi connectivity index (χ3v) is 4.27. The van der Waals surface area contributed by atoms with E-state index in [2.05, 4.69) is 5.32 Å². The van der Waals surface area contributed by atoms with E-state index in [-0.39, 0.29) is 23.1 Å². The summed E-state index contributed by atoms with van der Waals surface area (Å²) in [7, 11) is 0. The molecule has 0 spiro atoms. The first-order valence-corrected chi connectivity index (χ1v) is 9.06. The van der Waals surface area contributed by atoms with Crippen molar-refractivity contribution in [1.29, 1.82) is 0 Å². The topological polar surface area (TPSA) is 95.9 Å². The maximum absolute atomic E-state index is 12.3. The summed E-state index contributed by atoms with van der Waals surface area (Å²) < 4.78 is 4.80. The van der Waals surface area contributed by atoms with Crippen molar-refractivity contribution in [3.63, 3.8) is 0 Å². The van der Waals surface area contributed by atoms with E-state index in [9.17, 15) is 19.8 Å². The van der Waals surface area contributed by atoms with E-state index in [0.29, 0.717) is 12.0 Å². The average Bonchev–Trinajstić information content (AvgIpc) is 2.64. The lowest BCUT2D eigenvalue weighted by atomic mass is 10.0. The van der Waals surface area contributed by atoms with Crippen LogP contribution in [0.5, 0.6) is 11.5 Å². The highest BCUT2D eigenvalue weighted by atomic mass is 16.6. The van der Waals surface area contributed by atoms with Crippen LogP contribution in [0, 0.1) is 0 Å². The van der Waals surface area contributed by atoms with Crippen LogP contribution in [0.4, 0.5) is 4.79 Å². The Labute approximate surface area is 158 Å². The Hall–Kier alpha value is -3.02. The Morgan fingerprint density at radius 1 is 1.11 bits per heavy atom. The molecule has 144 valence electrons. The summed E-state index contributed by atoms with van der Waals surface area (Å²) in [6, 6.07) is 11.7. The van der Waals surface area contributed by atoms with Crippen molar-refractivity contribution in [2.24, 2.45) is 0 Å². The van der Waals surface area contributed by atoms with Gasteiger partial charge >= 0.3 is 12.1 Å². The lowest BCUT2D eigenvalue weighted by Crippen LogP contribution is -2.35. The van der Waals surface area contributed by atoms with Crippen molar-refractivity contribution in [2.45, 2.75) is 45.6 Å². The number of phenolic OH excluding ortho intramolecular Hbond substituents is 2. The van der Waals surface area contributed by atoms with E-state index in [1.54, 1.807) is 0 Å². The Morgan fingerprint density at radius 3 is 2.44 bits per heavy atom. The van der Waals surface area contributed by atoms with Gasteiger partial charge in [-0.1, -0.05) is 50.6 Å². The number of phenols is 2. The van der Waals surface area contributed by atoms with Gasteiger partial charge in [0.2, 0.25) is 0 Å². The average molecular weight is 371 g/mol. The molecule has 1 atom stereocenters. The Kier molecular flexibility index (Phi) is 7.23. The Balaban J connectivity index is 2.15. The molecule has 0 aliphatic carbocycles. The highest BCUT2D eigenvalue weighted by Gasteiger charge is 2.21. The van der Waals surface area contributed by atoms with Crippen molar-refractivity contribution < 1.29 is 24.5 Å². The summed E-state index contributed by atoms with van der Waals surface area (Å²) in [6.07, 6.45) is 1.84. The molecule has 1 unspecified atom stereocenters. The molecule has 3 N–H and O–H groups in total. The number of nitrogens with one attached hydrogen (secondary N) is 1. The van der Waals surface area contributed by atoms with Crippen molar-refractivity contribution in [2.75, 3.05) is 0 Å². The third-order valence-electron chi connectivity index (χ3n) is 4.27. The molecule has 2 rings (SSSR count). The molecule has 2 aromatic carbocycles. The van der Waals surface area contributed by atoms with Crippen LogP contribution >= 0.6 is 0 Å². The van der Waals surface area contributed by atoms with E-state index in [0.717, 1.165) is 30.9 Å². The Morgan fingerprint density at radius 2 is 1.81 bits per heavy atom. The second-order valence-corrected chi connectivity index (χ2v) is 6.38. The molecule has 0 aliphatic heterocycles. The van der Waals surface area contributed by atoms with Gasteiger partial charge in [0.05, 0.1) is 0 Å². The van der Waals surface area contributed by atoms with E-state index in [1.807, 2.05) is 44.2 Å². The molecule has 0 aliphatic rings. The maximum atomic E-state index is 12.3. The van der Waals surface area contributed by atoms with E-state index in [1.165, 1.54) is 6.07 Å². The molecule has 0 radical (unpaired) electrons. The minimum atomic E-state index is -1.01. The molecule has 2 aromatic rings. The predicted molar refractivity (Wildman–Crippen MR) is 102 cm³/mol. The SMILES string of the molecule is CCCC(CC)NC(=O)OC(=O)c1cc(O)cc(Cc2ccccc2)c1O. The second-order valence-electron chi connectivity index (χ2n) is 6.38. The highest BCUT2D eigenvalue weighted by Crippen LogP contribution is 2.30. The fourth-order valence-corrected chi connectivity index (χ4v) is 2.85. The largest absolute Gasteiger partial charge is 0.508 e. The van der Waals surface area contributed by atoms with Gasteiger partial charge in [-0.3, -0.25) is 0 Å². The van der Waals surface area contributed by atoms with Crippen LogP contribution in [-0.2, 0) is 11.2 Å². The Bertz CT molecular complexity index is 789. The molecular weight excluding hydrogens is 346 g/mol. The molecular formula is C21H25NO5. The van der Waals surface area contributed by atoms with Crippen molar-refractivity contribution >= 4 is 12.1 Å². The lowest BCUT2D eigenvalue weighted by Gasteiger charge is -2.15. The van der Waals surface area contributed by atoms with Gasteiger partial charge < -0.3 is 20.3 Å². The van der Waals surface area contributed by atoms with Crippen LogP contribution in [0.2, 0.25) is 0 Å². The molecule has 0 bridgehead atoms. The monoisotopic (exact) mass is 371 g/mol. The first kappa shape index (κ1) is 20.3. The van der Waals surface area contributed by atoms with Gasteiger partial charge in [-0.2, -0.15) is 0 Å². The summed E-state index contributed by atoms with van der Waals surface area (Å²) in [5.41, 5.74) is 1.02. The maximum Gasteiger partial charge on any atom is 0.415 e. The summed E-state index contributed by atoms with van der Waals surface area (Å²) >= 11 is 0. The molecule has 27 heavy (non-hydrogen) atoms. The van der Waals surface area contributed by atoms with Gasteiger partial charge in [0.15, 0.2) is 0 Å². The fourth-order valence-electron chi connectivity index (χ4n) is 2.85.